The lowest BCUT2D eigenvalue weighted by Gasteiger charge is -2.03. The number of allylic oxidation sites excluding steroid dienone is 4. The van der Waals surface area contributed by atoms with Crippen molar-refractivity contribution in [3.05, 3.63) is 24.3 Å². The largest absolute Gasteiger partial charge is 0.469 e. The lowest BCUT2D eigenvalue weighted by Crippen LogP contribution is -1.98. The van der Waals surface area contributed by atoms with Gasteiger partial charge in [0.15, 0.2) is 0 Å². The van der Waals surface area contributed by atoms with Gasteiger partial charge in [-0.2, -0.15) is 0 Å². The Bertz CT molecular complexity index is 397. The molecule has 0 bridgehead atoms. The maximum Gasteiger partial charge on any atom is 0.305 e. The van der Waals surface area contributed by atoms with Crippen molar-refractivity contribution in [1.29, 1.82) is 0 Å². The van der Waals surface area contributed by atoms with E-state index in [0.29, 0.717) is 6.42 Å². The van der Waals surface area contributed by atoms with Gasteiger partial charge in [0.1, 0.15) is 0 Å². The minimum Gasteiger partial charge on any atom is -0.469 e. The third kappa shape index (κ3) is 25.0. The predicted octanol–water partition coefficient (Wildman–Crippen LogP) is 9.48. The van der Waals surface area contributed by atoms with Crippen molar-refractivity contribution in [1.82, 2.24) is 0 Å². The lowest BCUT2D eigenvalue weighted by molar-refractivity contribution is -0.140. The second-order valence-corrected chi connectivity index (χ2v) is 8.73. The second-order valence-electron chi connectivity index (χ2n) is 8.73. The predicted molar refractivity (Wildman–Crippen MR) is 133 cm³/mol. The fourth-order valence-corrected chi connectivity index (χ4v) is 3.76. The first-order valence-electron chi connectivity index (χ1n) is 13.2. The fourth-order valence-electron chi connectivity index (χ4n) is 3.76. The summed E-state index contributed by atoms with van der Waals surface area (Å²) in [7, 11) is 1.45. The van der Waals surface area contributed by atoms with Gasteiger partial charge in [0.2, 0.25) is 0 Å². The molecule has 0 fully saturated rings. The second kappa shape index (κ2) is 26.0. The van der Waals surface area contributed by atoms with Gasteiger partial charge in [-0.05, 0) is 38.5 Å². The van der Waals surface area contributed by atoms with Crippen LogP contribution in [-0.4, -0.2) is 13.1 Å². The molecule has 0 aromatic heterocycles. The molecule has 0 N–H and O–H groups in total. The first kappa shape index (κ1) is 28.9. The normalized spacial score (nSPS) is 11.7. The molecular formula is C28H52O2. The first-order chi connectivity index (χ1) is 14.8. The summed E-state index contributed by atoms with van der Waals surface area (Å²) in [6.07, 6.45) is 36.4. The Hall–Kier alpha value is -1.05. The van der Waals surface area contributed by atoms with Gasteiger partial charge in [0.05, 0.1) is 7.11 Å². The van der Waals surface area contributed by atoms with Crippen LogP contribution in [0.2, 0.25) is 0 Å². The van der Waals surface area contributed by atoms with E-state index in [9.17, 15) is 4.79 Å². The molecule has 0 amide bonds. The third-order valence-electron chi connectivity index (χ3n) is 5.79. The van der Waals surface area contributed by atoms with Gasteiger partial charge < -0.3 is 4.74 Å². The van der Waals surface area contributed by atoms with Crippen molar-refractivity contribution >= 4 is 5.97 Å². The van der Waals surface area contributed by atoms with E-state index in [1.165, 1.54) is 110 Å². The molecule has 30 heavy (non-hydrogen) atoms. The highest BCUT2D eigenvalue weighted by atomic mass is 16.5. The summed E-state index contributed by atoms with van der Waals surface area (Å²) in [5.74, 6) is -0.106. The molecule has 0 aromatic carbocycles. The summed E-state index contributed by atoms with van der Waals surface area (Å²) in [5, 5.41) is 0. The van der Waals surface area contributed by atoms with Crippen LogP contribution in [0.15, 0.2) is 24.3 Å². The van der Waals surface area contributed by atoms with Crippen LogP contribution in [0.3, 0.4) is 0 Å². The Morgan fingerprint density at radius 1 is 0.533 bits per heavy atom. The SMILES string of the molecule is CCCCCCCCCCCCCCCCCC=CCCC=CCCCC(=O)OC. The van der Waals surface area contributed by atoms with E-state index in [2.05, 4.69) is 36.0 Å². The summed E-state index contributed by atoms with van der Waals surface area (Å²) in [6, 6.07) is 0. The number of esters is 1. The number of ether oxygens (including phenoxy) is 1. The maximum absolute atomic E-state index is 11.0. The summed E-state index contributed by atoms with van der Waals surface area (Å²) in [5.41, 5.74) is 0. The Morgan fingerprint density at radius 2 is 0.900 bits per heavy atom. The van der Waals surface area contributed by atoms with Crippen LogP contribution in [0.5, 0.6) is 0 Å². The minimum atomic E-state index is -0.106. The Kier molecular flexibility index (Phi) is 25.1. The number of rotatable bonds is 23. The lowest BCUT2D eigenvalue weighted by atomic mass is 10.0. The van der Waals surface area contributed by atoms with Gasteiger partial charge in [-0.3, -0.25) is 4.79 Å². The van der Waals surface area contributed by atoms with Crippen molar-refractivity contribution < 1.29 is 9.53 Å². The topological polar surface area (TPSA) is 26.3 Å². The van der Waals surface area contributed by atoms with Crippen LogP contribution in [-0.2, 0) is 9.53 Å². The molecule has 0 saturated carbocycles. The number of methoxy groups -OCH3 is 1. The molecule has 176 valence electrons. The molecule has 0 atom stereocenters. The molecule has 0 aliphatic carbocycles. The highest BCUT2D eigenvalue weighted by molar-refractivity contribution is 5.69. The van der Waals surface area contributed by atoms with Crippen molar-refractivity contribution in [2.24, 2.45) is 0 Å². The minimum absolute atomic E-state index is 0.106. The van der Waals surface area contributed by atoms with E-state index in [-0.39, 0.29) is 5.97 Å². The van der Waals surface area contributed by atoms with Gasteiger partial charge in [0.25, 0.3) is 0 Å². The molecule has 0 heterocycles. The molecule has 2 heteroatoms. The standard InChI is InChI=1S/C28H52O2/c1-3-4-5-6-7-8-9-10-11-12-13-14-15-16-17-18-19-20-21-22-23-24-25-26-27-28(29)30-2/h19-20,23-24H,3-18,21-22,25-27H2,1-2H3. The van der Waals surface area contributed by atoms with E-state index in [1.54, 1.807) is 0 Å². The van der Waals surface area contributed by atoms with E-state index in [4.69, 9.17) is 0 Å². The summed E-state index contributed by atoms with van der Waals surface area (Å²) >= 11 is 0. The van der Waals surface area contributed by atoms with Crippen LogP contribution < -0.4 is 0 Å². The first-order valence-corrected chi connectivity index (χ1v) is 13.2. The van der Waals surface area contributed by atoms with E-state index >= 15 is 0 Å². The van der Waals surface area contributed by atoms with E-state index in [1.807, 2.05) is 0 Å². The molecule has 2 nitrogen and oxygen atoms in total. The van der Waals surface area contributed by atoms with Gasteiger partial charge >= 0.3 is 5.97 Å². The van der Waals surface area contributed by atoms with Crippen molar-refractivity contribution in [3.8, 4) is 0 Å². The smallest absolute Gasteiger partial charge is 0.305 e. The Balaban J connectivity index is 3.15. The van der Waals surface area contributed by atoms with E-state index in [0.717, 1.165) is 25.7 Å². The Labute approximate surface area is 188 Å². The van der Waals surface area contributed by atoms with Crippen molar-refractivity contribution in [3.63, 3.8) is 0 Å². The maximum atomic E-state index is 11.0. The quantitative estimate of drug-likeness (QED) is 0.0934. The molecule has 0 rings (SSSR count). The summed E-state index contributed by atoms with van der Waals surface area (Å²) < 4.78 is 4.63. The highest BCUT2D eigenvalue weighted by Gasteiger charge is 1.97. The van der Waals surface area contributed by atoms with Crippen LogP contribution in [0, 0.1) is 0 Å². The molecule has 0 spiro atoms. The average molecular weight is 421 g/mol. The van der Waals surface area contributed by atoms with Crippen molar-refractivity contribution in [2.75, 3.05) is 7.11 Å². The Morgan fingerprint density at radius 3 is 1.33 bits per heavy atom. The van der Waals surface area contributed by atoms with Crippen LogP contribution >= 0.6 is 0 Å². The molecule has 0 aromatic rings. The molecule has 0 saturated heterocycles. The van der Waals surface area contributed by atoms with Gasteiger partial charge in [0, 0.05) is 6.42 Å². The van der Waals surface area contributed by atoms with Gasteiger partial charge in [-0.15, -0.1) is 0 Å². The number of carbonyl (C=O) groups excluding carboxylic acids is 1. The molecule has 0 aliphatic heterocycles. The number of carbonyl (C=O) groups is 1. The van der Waals surface area contributed by atoms with Crippen LogP contribution in [0.4, 0.5) is 0 Å². The summed E-state index contributed by atoms with van der Waals surface area (Å²) in [6.45, 7) is 2.29. The number of hydrogen-bond donors (Lipinski definition) is 0. The van der Waals surface area contributed by atoms with Gasteiger partial charge in [-0.25, -0.2) is 0 Å². The highest BCUT2D eigenvalue weighted by Crippen LogP contribution is 2.13. The fraction of sp³-hybridized carbons (Fsp3) is 0.821. The molecule has 0 unspecified atom stereocenters. The zero-order valence-corrected chi connectivity index (χ0v) is 20.5. The number of unbranched alkanes of at least 4 members (excludes halogenated alkanes) is 17. The molecule has 0 aliphatic rings. The average Bonchev–Trinajstić information content (AvgIpc) is 2.76. The zero-order valence-electron chi connectivity index (χ0n) is 20.5. The van der Waals surface area contributed by atoms with Crippen molar-refractivity contribution in [2.45, 2.75) is 142 Å². The van der Waals surface area contributed by atoms with E-state index < -0.39 is 0 Å². The zero-order chi connectivity index (χ0) is 22.0. The van der Waals surface area contributed by atoms with Gasteiger partial charge in [-0.1, -0.05) is 121 Å². The van der Waals surface area contributed by atoms with Crippen LogP contribution in [0.1, 0.15) is 142 Å². The third-order valence-corrected chi connectivity index (χ3v) is 5.79. The molecular weight excluding hydrogens is 368 g/mol. The monoisotopic (exact) mass is 420 g/mol. The molecule has 0 radical (unpaired) electrons. The van der Waals surface area contributed by atoms with Crippen LogP contribution in [0.25, 0.3) is 0 Å². The number of hydrogen-bond acceptors (Lipinski definition) is 2. The summed E-state index contributed by atoms with van der Waals surface area (Å²) in [4.78, 5) is 11.0.